The van der Waals surface area contributed by atoms with Gasteiger partial charge in [0.15, 0.2) is 0 Å². The van der Waals surface area contributed by atoms with Gasteiger partial charge in [-0.1, -0.05) is 6.92 Å². The van der Waals surface area contributed by atoms with E-state index in [9.17, 15) is 0 Å². The second-order valence-electron chi connectivity index (χ2n) is 4.13. The van der Waals surface area contributed by atoms with Crippen molar-refractivity contribution in [3.05, 3.63) is 16.1 Å². The summed E-state index contributed by atoms with van der Waals surface area (Å²) in [6.45, 7) is 7.67. The summed E-state index contributed by atoms with van der Waals surface area (Å²) in [5.41, 5.74) is 1.16. The first kappa shape index (κ1) is 12.7. The largest absolute Gasteiger partial charge is 0.314 e. The minimum Gasteiger partial charge on any atom is -0.314 e. The Morgan fingerprint density at radius 2 is 2.33 bits per heavy atom. The highest BCUT2D eigenvalue weighted by atomic mass is 32.1. The first-order chi connectivity index (χ1) is 7.22. The van der Waals surface area contributed by atoms with Crippen LogP contribution in [0.4, 0.5) is 0 Å². The maximum atomic E-state index is 4.47. The number of hydrogen-bond acceptors (Lipinski definition) is 3. The lowest BCUT2D eigenvalue weighted by Gasteiger charge is -2.11. The van der Waals surface area contributed by atoms with Crippen molar-refractivity contribution in [1.82, 2.24) is 10.3 Å². The summed E-state index contributed by atoms with van der Waals surface area (Å²) in [5, 5.41) is 6.93. The van der Waals surface area contributed by atoms with Crippen molar-refractivity contribution >= 4 is 11.3 Å². The molecular weight excluding hydrogens is 204 g/mol. The number of hydrogen-bond donors (Lipinski definition) is 1. The Balaban J connectivity index is 2.10. The molecule has 0 spiro atoms. The topological polar surface area (TPSA) is 24.9 Å². The first-order valence-electron chi connectivity index (χ1n) is 5.86. The molecule has 0 aromatic carbocycles. The second kappa shape index (κ2) is 6.96. The minimum absolute atomic E-state index is 0.644. The van der Waals surface area contributed by atoms with Crippen LogP contribution in [0.1, 0.15) is 43.8 Å². The van der Waals surface area contributed by atoms with Gasteiger partial charge in [0.2, 0.25) is 0 Å². The quantitative estimate of drug-likeness (QED) is 0.772. The van der Waals surface area contributed by atoms with Crippen molar-refractivity contribution in [3.8, 4) is 0 Å². The van der Waals surface area contributed by atoms with Gasteiger partial charge in [-0.15, -0.1) is 11.3 Å². The molecule has 1 rings (SSSR count). The highest BCUT2D eigenvalue weighted by Gasteiger charge is 2.02. The number of thiazole rings is 1. The number of rotatable bonds is 7. The normalized spacial score (nSPS) is 13.0. The molecular formula is C12H22N2S. The zero-order chi connectivity index (χ0) is 11.1. The lowest BCUT2D eigenvalue weighted by atomic mass is 10.1. The fourth-order valence-corrected chi connectivity index (χ4v) is 2.39. The highest BCUT2D eigenvalue weighted by molar-refractivity contribution is 7.09. The van der Waals surface area contributed by atoms with Crippen molar-refractivity contribution in [2.24, 2.45) is 0 Å². The maximum absolute atomic E-state index is 4.47. The van der Waals surface area contributed by atoms with Crippen LogP contribution in [0.3, 0.4) is 0 Å². The Morgan fingerprint density at radius 3 is 2.93 bits per heavy atom. The van der Waals surface area contributed by atoms with Crippen LogP contribution < -0.4 is 5.32 Å². The molecule has 0 fully saturated rings. The Morgan fingerprint density at radius 1 is 1.53 bits per heavy atom. The molecule has 1 aromatic heterocycles. The van der Waals surface area contributed by atoms with Crippen LogP contribution in [-0.4, -0.2) is 17.6 Å². The third kappa shape index (κ3) is 5.28. The van der Waals surface area contributed by atoms with E-state index in [2.05, 4.69) is 36.5 Å². The molecule has 2 nitrogen and oxygen atoms in total. The summed E-state index contributed by atoms with van der Waals surface area (Å²) < 4.78 is 0. The highest BCUT2D eigenvalue weighted by Crippen LogP contribution is 2.12. The number of aromatic nitrogens is 1. The fourth-order valence-electron chi connectivity index (χ4n) is 1.57. The molecule has 1 N–H and O–H groups in total. The van der Waals surface area contributed by atoms with Crippen LogP contribution >= 0.6 is 11.3 Å². The molecule has 1 atom stereocenters. The molecule has 0 aliphatic carbocycles. The van der Waals surface area contributed by atoms with E-state index < -0.39 is 0 Å². The summed E-state index contributed by atoms with van der Waals surface area (Å²) in [5.74, 6) is 0. The summed E-state index contributed by atoms with van der Waals surface area (Å²) >= 11 is 1.79. The molecule has 1 aromatic rings. The molecule has 3 heteroatoms. The Labute approximate surface area is 97.1 Å². The number of nitrogens with zero attached hydrogens (tertiary/aromatic N) is 1. The number of nitrogens with one attached hydrogen (secondary N) is 1. The summed E-state index contributed by atoms with van der Waals surface area (Å²) in [7, 11) is 0. The van der Waals surface area contributed by atoms with E-state index in [-0.39, 0.29) is 0 Å². The predicted octanol–water partition coefficient (Wildman–Crippen LogP) is 3.16. The van der Waals surface area contributed by atoms with Gasteiger partial charge in [-0.05, 0) is 46.1 Å². The zero-order valence-electron chi connectivity index (χ0n) is 10.0. The standard InChI is InChI=1S/C12H22N2S/c1-4-8-13-10(2)6-5-7-12-14-11(3)9-15-12/h9-10,13H,4-8H2,1-3H3. The van der Waals surface area contributed by atoms with E-state index in [1.807, 2.05) is 0 Å². The third-order valence-corrected chi connectivity index (χ3v) is 3.46. The minimum atomic E-state index is 0.644. The van der Waals surface area contributed by atoms with Crippen LogP contribution in [0, 0.1) is 6.92 Å². The average Bonchev–Trinajstić information content (AvgIpc) is 2.61. The van der Waals surface area contributed by atoms with Crippen LogP contribution in [0.15, 0.2) is 5.38 Å². The van der Waals surface area contributed by atoms with Crippen molar-refractivity contribution in [2.75, 3.05) is 6.54 Å². The van der Waals surface area contributed by atoms with Crippen LogP contribution in [0.5, 0.6) is 0 Å². The molecule has 1 unspecified atom stereocenters. The third-order valence-electron chi connectivity index (χ3n) is 2.44. The lowest BCUT2D eigenvalue weighted by Crippen LogP contribution is -2.26. The molecule has 0 aliphatic rings. The van der Waals surface area contributed by atoms with E-state index >= 15 is 0 Å². The second-order valence-corrected chi connectivity index (χ2v) is 5.07. The first-order valence-corrected chi connectivity index (χ1v) is 6.74. The van der Waals surface area contributed by atoms with Gasteiger partial charge >= 0.3 is 0 Å². The smallest absolute Gasteiger partial charge is 0.0928 e. The summed E-state index contributed by atoms with van der Waals surface area (Å²) in [4.78, 5) is 4.47. The molecule has 86 valence electrons. The summed E-state index contributed by atoms with van der Waals surface area (Å²) in [6, 6.07) is 0.644. The Hall–Kier alpha value is -0.410. The van der Waals surface area contributed by atoms with E-state index in [4.69, 9.17) is 0 Å². The Bertz CT molecular complexity index is 270. The van der Waals surface area contributed by atoms with Crippen molar-refractivity contribution in [1.29, 1.82) is 0 Å². The van der Waals surface area contributed by atoms with Gasteiger partial charge < -0.3 is 5.32 Å². The molecule has 0 saturated heterocycles. The van der Waals surface area contributed by atoms with Crippen molar-refractivity contribution < 1.29 is 0 Å². The monoisotopic (exact) mass is 226 g/mol. The molecule has 0 aliphatic heterocycles. The van der Waals surface area contributed by atoms with Gasteiger partial charge in [-0.25, -0.2) is 4.98 Å². The van der Waals surface area contributed by atoms with E-state index in [0.717, 1.165) is 18.7 Å². The van der Waals surface area contributed by atoms with Gasteiger partial charge in [-0.3, -0.25) is 0 Å². The van der Waals surface area contributed by atoms with Gasteiger partial charge in [0.1, 0.15) is 0 Å². The fraction of sp³-hybridized carbons (Fsp3) is 0.750. The van der Waals surface area contributed by atoms with E-state index in [1.165, 1.54) is 24.3 Å². The van der Waals surface area contributed by atoms with Crippen LogP contribution in [-0.2, 0) is 6.42 Å². The van der Waals surface area contributed by atoms with Crippen molar-refractivity contribution in [2.45, 2.75) is 52.5 Å². The lowest BCUT2D eigenvalue weighted by molar-refractivity contribution is 0.498. The Kier molecular flexibility index (Phi) is 5.88. The van der Waals surface area contributed by atoms with Crippen molar-refractivity contribution in [3.63, 3.8) is 0 Å². The predicted molar refractivity (Wildman–Crippen MR) is 67.5 cm³/mol. The maximum Gasteiger partial charge on any atom is 0.0928 e. The van der Waals surface area contributed by atoms with E-state index in [1.54, 1.807) is 11.3 Å². The van der Waals surface area contributed by atoms with Gasteiger partial charge in [-0.2, -0.15) is 0 Å². The van der Waals surface area contributed by atoms with E-state index in [0.29, 0.717) is 6.04 Å². The molecule has 1 heterocycles. The van der Waals surface area contributed by atoms with Gasteiger partial charge in [0.25, 0.3) is 0 Å². The SMILES string of the molecule is CCCNC(C)CCCc1nc(C)cs1. The molecule has 0 amide bonds. The molecule has 0 radical (unpaired) electrons. The molecule has 15 heavy (non-hydrogen) atoms. The molecule has 0 bridgehead atoms. The molecule has 0 saturated carbocycles. The number of aryl methyl sites for hydroxylation is 2. The zero-order valence-corrected chi connectivity index (χ0v) is 10.9. The summed E-state index contributed by atoms with van der Waals surface area (Å²) in [6.07, 6.45) is 4.84. The van der Waals surface area contributed by atoms with Gasteiger partial charge in [0.05, 0.1) is 5.01 Å². The van der Waals surface area contributed by atoms with Gasteiger partial charge in [0, 0.05) is 17.1 Å². The van der Waals surface area contributed by atoms with Crippen LogP contribution in [0.25, 0.3) is 0 Å². The average molecular weight is 226 g/mol. The van der Waals surface area contributed by atoms with Crippen LogP contribution in [0.2, 0.25) is 0 Å².